The Labute approximate surface area is 127 Å². The normalized spacial score (nSPS) is 11.5. The van der Waals surface area contributed by atoms with Gasteiger partial charge in [-0.1, -0.05) is 42.5 Å². The van der Waals surface area contributed by atoms with Crippen LogP contribution in [0.25, 0.3) is 28.1 Å². The van der Waals surface area contributed by atoms with Gasteiger partial charge in [-0.25, -0.2) is 9.55 Å². The maximum absolute atomic E-state index is 6.01. The SMILES string of the molecule is ClCCn1c(-c2ccccc2)c[n+]2c3ccccc3[nH]c12. The summed E-state index contributed by atoms with van der Waals surface area (Å²) in [5, 5.41) is 0. The monoisotopic (exact) mass is 296 g/mol. The van der Waals surface area contributed by atoms with Crippen LogP contribution in [0.4, 0.5) is 0 Å². The molecule has 0 amide bonds. The smallest absolute Gasteiger partial charge is 0.241 e. The van der Waals surface area contributed by atoms with Crippen LogP contribution in [-0.4, -0.2) is 15.4 Å². The third kappa shape index (κ3) is 1.93. The minimum Gasteiger partial charge on any atom is -0.241 e. The second kappa shape index (κ2) is 4.93. The molecule has 2 heterocycles. The fraction of sp³-hybridized carbons (Fsp3) is 0.118. The van der Waals surface area contributed by atoms with Crippen molar-refractivity contribution in [2.45, 2.75) is 6.54 Å². The lowest BCUT2D eigenvalue weighted by Crippen LogP contribution is -2.17. The molecule has 0 aliphatic rings. The second-order valence-corrected chi connectivity index (χ2v) is 5.43. The lowest BCUT2D eigenvalue weighted by atomic mass is 10.2. The molecule has 2 aromatic heterocycles. The highest BCUT2D eigenvalue weighted by Crippen LogP contribution is 2.22. The summed E-state index contributed by atoms with van der Waals surface area (Å²) >= 11 is 6.01. The highest BCUT2D eigenvalue weighted by atomic mass is 35.5. The first kappa shape index (κ1) is 12.5. The van der Waals surface area contributed by atoms with E-state index >= 15 is 0 Å². The molecule has 1 N–H and O–H groups in total. The fourth-order valence-electron chi connectivity index (χ4n) is 2.87. The Morgan fingerprint density at radius 1 is 1.00 bits per heavy atom. The molecule has 104 valence electrons. The molecule has 0 aliphatic carbocycles. The highest BCUT2D eigenvalue weighted by Gasteiger charge is 2.21. The molecule has 2 aromatic carbocycles. The van der Waals surface area contributed by atoms with E-state index in [0.29, 0.717) is 5.88 Å². The molecule has 4 aromatic rings. The van der Waals surface area contributed by atoms with Crippen LogP contribution in [-0.2, 0) is 6.54 Å². The van der Waals surface area contributed by atoms with E-state index in [1.807, 2.05) is 12.1 Å². The van der Waals surface area contributed by atoms with Crippen molar-refractivity contribution < 1.29 is 4.40 Å². The summed E-state index contributed by atoms with van der Waals surface area (Å²) in [4.78, 5) is 3.49. The molecule has 0 saturated carbocycles. The van der Waals surface area contributed by atoms with Crippen LogP contribution in [0.5, 0.6) is 0 Å². The lowest BCUT2D eigenvalue weighted by Gasteiger charge is -2.01. The predicted octanol–water partition coefficient (Wildman–Crippen LogP) is 3.61. The zero-order chi connectivity index (χ0) is 14.2. The van der Waals surface area contributed by atoms with Crippen LogP contribution in [0.1, 0.15) is 0 Å². The molecule has 3 nitrogen and oxygen atoms in total. The Balaban J connectivity index is 2.04. The summed E-state index contributed by atoms with van der Waals surface area (Å²) in [5.41, 5.74) is 4.69. The van der Waals surface area contributed by atoms with E-state index in [0.717, 1.165) is 17.8 Å². The molecule has 0 radical (unpaired) electrons. The summed E-state index contributed by atoms with van der Waals surface area (Å²) in [7, 11) is 0. The zero-order valence-corrected chi connectivity index (χ0v) is 12.2. The number of halogens is 1. The molecular formula is C17H15ClN3+. The van der Waals surface area contributed by atoms with E-state index in [4.69, 9.17) is 11.6 Å². The maximum Gasteiger partial charge on any atom is 0.368 e. The molecule has 0 atom stereocenters. The Morgan fingerprint density at radius 3 is 2.57 bits per heavy atom. The van der Waals surface area contributed by atoms with Crippen molar-refractivity contribution in [3.8, 4) is 11.3 Å². The van der Waals surface area contributed by atoms with Gasteiger partial charge in [-0.2, -0.15) is 4.40 Å². The minimum absolute atomic E-state index is 0.583. The van der Waals surface area contributed by atoms with Crippen LogP contribution in [0.3, 0.4) is 0 Å². The first-order valence-corrected chi connectivity index (χ1v) is 7.55. The van der Waals surface area contributed by atoms with E-state index in [1.165, 1.54) is 16.8 Å². The number of para-hydroxylation sites is 2. The molecule has 21 heavy (non-hydrogen) atoms. The summed E-state index contributed by atoms with van der Waals surface area (Å²) in [5.74, 6) is 1.65. The van der Waals surface area contributed by atoms with Crippen LogP contribution in [0, 0.1) is 0 Å². The van der Waals surface area contributed by atoms with Crippen LogP contribution >= 0.6 is 11.6 Å². The van der Waals surface area contributed by atoms with Gasteiger partial charge in [0.1, 0.15) is 22.9 Å². The van der Waals surface area contributed by atoms with Crippen LogP contribution < -0.4 is 4.40 Å². The average Bonchev–Trinajstić information content (AvgIpc) is 3.06. The summed E-state index contributed by atoms with van der Waals surface area (Å²) in [6, 6.07) is 18.7. The number of imidazole rings is 2. The van der Waals surface area contributed by atoms with Crippen molar-refractivity contribution in [3.05, 3.63) is 60.8 Å². The molecule has 4 heteroatoms. The van der Waals surface area contributed by atoms with E-state index in [-0.39, 0.29) is 0 Å². The number of aryl methyl sites for hydroxylation is 1. The van der Waals surface area contributed by atoms with Gasteiger partial charge in [0, 0.05) is 5.56 Å². The third-order valence-corrected chi connectivity index (χ3v) is 3.98. The summed E-state index contributed by atoms with van der Waals surface area (Å²) in [6.45, 7) is 0.773. The number of rotatable bonds is 3. The van der Waals surface area contributed by atoms with Crippen molar-refractivity contribution in [1.82, 2.24) is 9.55 Å². The number of hydrogen-bond acceptors (Lipinski definition) is 0. The first-order valence-electron chi connectivity index (χ1n) is 7.01. The first-order chi connectivity index (χ1) is 10.4. The molecule has 0 fully saturated rings. The minimum atomic E-state index is 0.583. The largest absolute Gasteiger partial charge is 0.368 e. The van der Waals surface area contributed by atoms with Gasteiger partial charge in [0.05, 0.1) is 12.4 Å². The standard InChI is InChI=1S/C17H14ClN3/c18-10-11-20-16(13-6-2-1-3-7-13)12-21-15-9-5-4-8-14(15)19-17(20)21/h1-9,12H,10-11H2/p+1. The number of alkyl halides is 1. The molecule has 0 saturated heterocycles. The Morgan fingerprint density at radius 2 is 1.76 bits per heavy atom. The van der Waals surface area contributed by atoms with Gasteiger partial charge < -0.3 is 0 Å². The van der Waals surface area contributed by atoms with Gasteiger partial charge in [-0.3, -0.25) is 0 Å². The predicted molar refractivity (Wildman–Crippen MR) is 85.6 cm³/mol. The van der Waals surface area contributed by atoms with Gasteiger partial charge in [-0.05, 0) is 12.1 Å². The van der Waals surface area contributed by atoms with Gasteiger partial charge >= 0.3 is 5.78 Å². The fourth-order valence-corrected chi connectivity index (χ4v) is 3.04. The molecule has 0 aliphatic heterocycles. The van der Waals surface area contributed by atoms with E-state index < -0.39 is 0 Å². The summed E-state index contributed by atoms with van der Waals surface area (Å²) in [6.07, 6.45) is 2.18. The molecule has 0 bridgehead atoms. The number of nitrogens with one attached hydrogen (secondary N) is 1. The Kier molecular flexibility index (Phi) is 2.93. The lowest BCUT2D eigenvalue weighted by molar-refractivity contribution is -0.479. The van der Waals surface area contributed by atoms with Gasteiger partial charge in [0.25, 0.3) is 0 Å². The van der Waals surface area contributed by atoms with Crippen molar-refractivity contribution in [1.29, 1.82) is 0 Å². The Bertz CT molecular complexity index is 906. The van der Waals surface area contributed by atoms with Crippen LogP contribution in [0.2, 0.25) is 0 Å². The molecule has 0 unspecified atom stereocenters. The van der Waals surface area contributed by atoms with Crippen molar-refractivity contribution in [2.24, 2.45) is 0 Å². The molecule has 4 rings (SSSR count). The topological polar surface area (TPSA) is 24.8 Å². The van der Waals surface area contributed by atoms with Gasteiger partial charge in [-0.15, -0.1) is 11.6 Å². The maximum atomic E-state index is 6.01. The molecular weight excluding hydrogens is 282 g/mol. The van der Waals surface area contributed by atoms with E-state index in [1.54, 1.807) is 0 Å². The quantitative estimate of drug-likeness (QED) is 0.441. The number of aromatic amines is 1. The van der Waals surface area contributed by atoms with Crippen molar-refractivity contribution in [3.63, 3.8) is 0 Å². The van der Waals surface area contributed by atoms with Crippen molar-refractivity contribution >= 4 is 28.4 Å². The molecule has 0 spiro atoms. The van der Waals surface area contributed by atoms with E-state index in [9.17, 15) is 0 Å². The second-order valence-electron chi connectivity index (χ2n) is 5.06. The summed E-state index contributed by atoms with van der Waals surface area (Å²) < 4.78 is 4.44. The highest BCUT2D eigenvalue weighted by molar-refractivity contribution is 6.17. The number of benzene rings is 2. The Hall–Kier alpha value is -2.26. The van der Waals surface area contributed by atoms with Crippen LogP contribution in [0.15, 0.2) is 60.8 Å². The van der Waals surface area contributed by atoms with Crippen molar-refractivity contribution in [2.75, 3.05) is 5.88 Å². The van der Waals surface area contributed by atoms with E-state index in [2.05, 4.69) is 62.6 Å². The average molecular weight is 297 g/mol. The number of hydrogen-bond donors (Lipinski definition) is 1. The number of nitrogens with zero attached hydrogens (tertiary/aromatic N) is 2. The number of aromatic nitrogens is 3. The zero-order valence-electron chi connectivity index (χ0n) is 11.5. The third-order valence-electron chi connectivity index (χ3n) is 3.81. The number of fused-ring (bicyclic) bond motifs is 3. The van der Waals surface area contributed by atoms with Gasteiger partial charge in [0.2, 0.25) is 0 Å². The van der Waals surface area contributed by atoms with Gasteiger partial charge in [0.15, 0.2) is 0 Å². The number of H-pyrrole nitrogens is 1.